The highest BCUT2D eigenvalue weighted by atomic mass is 19.1. The zero-order valence-corrected chi connectivity index (χ0v) is 10.8. The molecule has 0 N–H and O–H groups in total. The molecule has 0 unspecified atom stereocenters. The van der Waals surface area contributed by atoms with Gasteiger partial charge < -0.3 is 0 Å². The molecule has 18 heavy (non-hydrogen) atoms. The smallest absolute Gasteiger partial charge is 0.127 e. The Morgan fingerprint density at radius 3 is 2.67 bits per heavy atom. The minimum absolute atomic E-state index is 0.337. The van der Waals surface area contributed by atoms with Crippen LogP contribution in [0.1, 0.15) is 25.8 Å². The number of hydrogen-bond donors (Lipinski definition) is 0. The van der Waals surface area contributed by atoms with Gasteiger partial charge in [0, 0.05) is 31.6 Å². The van der Waals surface area contributed by atoms with Crippen LogP contribution in [0.4, 0.5) is 8.78 Å². The lowest BCUT2D eigenvalue weighted by Gasteiger charge is -2.23. The van der Waals surface area contributed by atoms with Gasteiger partial charge in [-0.15, -0.1) is 0 Å². The SMILES string of the molecule is CC(C)CN(CCC#N)Cc1cc(F)ccc1F. The van der Waals surface area contributed by atoms with Gasteiger partial charge in [-0.1, -0.05) is 13.8 Å². The molecule has 0 spiro atoms. The molecule has 0 fully saturated rings. The van der Waals surface area contributed by atoms with Crippen molar-refractivity contribution in [2.75, 3.05) is 13.1 Å². The predicted molar refractivity (Wildman–Crippen MR) is 66.7 cm³/mol. The van der Waals surface area contributed by atoms with Gasteiger partial charge >= 0.3 is 0 Å². The summed E-state index contributed by atoms with van der Waals surface area (Å²) in [5.74, 6) is -0.418. The van der Waals surface area contributed by atoms with E-state index in [9.17, 15) is 8.78 Å². The van der Waals surface area contributed by atoms with Gasteiger partial charge in [0.2, 0.25) is 0 Å². The van der Waals surface area contributed by atoms with Crippen molar-refractivity contribution in [2.45, 2.75) is 26.8 Å². The number of rotatable bonds is 6. The number of nitrogens with zero attached hydrogens (tertiary/aromatic N) is 2. The molecule has 1 aromatic carbocycles. The Labute approximate surface area is 107 Å². The Balaban J connectivity index is 2.75. The third-order valence-corrected chi connectivity index (χ3v) is 2.56. The fourth-order valence-electron chi connectivity index (χ4n) is 1.86. The van der Waals surface area contributed by atoms with Crippen LogP contribution in [0.5, 0.6) is 0 Å². The highest BCUT2D eigenvalue weighted by Gasteiger charge is 2.11. The van der Waals surface area contributed by atoms with E-state index in [-0.39, 0.29) is 0 Å². The maximum atomic E-state index is 13.5. The number of benzene rings is 1. The van der Waals surface area contributed by atoms with E-state index in [1.54, 1.807) is 0 Å². The molecule has 0 atom stereocenters. The van der Waals surface area contributed by atoms with Crippen LogP contribution in [0, 0.1) is 28.9 Å². The lowest BCUT2D eigenvalue weighted by atomic mass is 10.1. The first-order valence-corrected chi connectivity index (χ1v) is 6.06. The fraction of sp³-hybridized carbons (Fsp3) is 0.500. The van der Waals surface area contributed by atoms with E-state index >= 15 is 0 Å². The minimum Gasteiger partial charge on any atom is -0.298 e. The van der Waals surface area contributed by atoms with Gasteiger partial charge in [0.25, 0.3) is 0 Å². The molecule has 2 nitrogen and oxygen atoms in total. The number of nitriles is 1. The van der Waals surface area contributed by atoms with Crippen LogP contribution >= 0.6 is 0 Å². The van der Waals surface area contributed by atoms with Gasteiger partial charge in [-0.05, 0) is 24.1 Å². The summed E-state index contributed by atoms with van der Waals surface area (Å²) in [5, 5.41) is 8.60. The molecule has 0 saturated heterocycles. The second-order valence-electron chi connectivity index (χ2n) is 4.77. The fourth-order valence-corrected chi connectivity index (χ4v) is 1.86. The van der Waals surface area contributed by atoms with Gasteiger partial charge in [-0.25, -0.2) is 8.78 Å². The third-order valence-electron chi connectivity index (χ3n) is 2.56. The molecular formula is C14H18F2N2. The summed E-state index contributed by atoms with van der Waals surface area (Å²) < 4.78 is 26.6. The van der Waals surface area contributed by atoms with Gasteiger partial charge in [0.1, 0.15) is 11.6 Å². The maximum absolute atomic E-state index is 13.5. The Kier molecular flexibility index (Phi) is 5.73. The van der Waals surface area contributed by atoms with Crippen molar-refractivity contribution in [3.63, 3.8) is 0 Å². The maximum Gasteiger partial charge on any atom is 0.127 e. The molecule has 0 heterocycles. The van der Waals surface area contributed by atoms with Crippen molar-refractivity contribution in [2.24, 2.45) is 5.92 Å². The van der Waals surface area contributed by atoms with Crippen molar-refractivity contribution in [1.29, 1.82) is 5.26 Å². The molecular weight excluding hydrogens is 234 g/mol. The van der Waals surface area contributed by atoms with Gasteiger partial charge in [0.15, 0.2) is 0 Å². The summed E-state index contributed by atoms with van der Waals surface area (Å²) in [7, 11) is 0. The summed E-state index contributed by atoms with van der Waals surface area (Å²) in [5.41, 5.74) is 0.341. The van der Waals surface area contributed by atoms with E-state index in [1.807, 2.05) is 4.90 Å². The van der Waals surface area contributed by atoms with Gasteiger partial charge in [-0.3, -0.25) is 4.90 Å². The van der Waals surface area contributed by atoms with Crippen molar-refractivity contribution in [1.82, 2.24) is 4.90 Å². The molecule has 0 aliphatic carbocycles. The lowest BCUT2D eigenvalue weighted by molar-refractivity contribution is 0.238. The average Bonchev–Trinajstić information content (AvgIpc) is 2.30. The van der Waals surface area contributed by atoms with Crippen LogP contribution < -0.4 is 0 Å². The van der Waals surface area contributed by atoms with Gasteiger partial charge in [-0.2, -0.15) is 5.26 Å². The van der Waals surface area contributed by atoms with Crippen molar-refractivity contribution < 1.29 is 8.78 Å². The lowest BCUT2D eigenvalue weighted by Crippen LogP contribution is -2.28. The topological polar surface area (TPSA) is 27.0 Å². The van der Waals surface area contributed by atoms with Gasteiger partial charge in [0.05, 0.1) is 6.07 Å². The third kappa shape index (κ3) is 4.80. The predicted octanol–water partition coefficient (Wildman–Crippen LogP) is 3.34. The van der Waals surface area contributed by atoms with Crippen LogP contribution in [0.2, 0.25) is 0 Å². The van der Waals surface area contributed by atoms with Crippen molar-refractivity contribution in [3.8, 4) is 6.07 Å². The average molecular weight is 252 g/mol. The summed E-state index contributed by atoms with van der Waals surface area (Å²) in [4.78, 5) is 1.98. The standard InChI is InChI=1S/C14H18F2N2/c1-11(2)9-18(7-3-6-17)10-12-8-13(15)4-5-14(12)16/h4-5,8,11H,3,7,9-10H2,1-2H3. The van der Waals surface area contributed by atoms with Crippen LogP contribution in [0.15, 0.2) is 18.2 Å². The summed E-state index contributed by atoms with van der Waals surface area (Å²) in [6.45, 7) is 5.79. The largest absolute Gasteiger partial charge is 0.298 e. The molecule has 0 aromatic heterocycles. The molecule has 0 aliphatic heterocycles. The minimum atomic E-state index is -0.434. The Morgan fingerprint density at radius 2 is 2.06 bits per heavy atom. The molecule has 1 rings (SSSR count). The first kappa shape index (κ1) is 14.6. The summed E-state index contributed by atoms with van der Waals surface area (Å²) in [6, 6.07) is 5.54. The first-order valence-electron chi connectivity index (χ1n) is 6.06. The second kappa shape index (κ2) is 7.07. The van der Waals surface area contributed by atoms with E-state index in [4.69, 9.17) is 5.26 Å². The van der Waals surface area contributed by atoms with E-state index in [2.05, 4.69) is 19.9 Å². The zero-order valence-electron chi connectivity index (χ0n) is 10.8. The van der Waals surface area contributed by atoms with Crippen LogP contribution in [0.3, 0.4) is 0 Å². The number of halogens is 2. The second-order valence-corrected chi connectivity index (χ2v) is 4.77. The molecule has 0 radical (unpaired) electrons. The van der Waals surface area contributed by atoms with Crippen LogP contribution in [0.25, 0.3) is 0 Å². The quantitative estimate of drug-likeness (QED) is 0.776. The van der Waals surface area contributed by atoms with E-state index in [0.29, 0.717) is 31.0 Å². The normalized spacial score (nSPS) is 10.9. The Hall–Kier alpha value is -1.47. The molecule has 1 aromatic rings. The van der Waals surface area contributed by atoms with Crippen LogP contribution in [-0.4, -0.2) is 18.0 Å². The molecule has 0 saturated carbocycles. The summed E-state index contributed by atoms with van der Waals surface area (Å²) in [6.07, 6.45) is 0.393. The molecule has 0 amide bonds. The van der Waals surface area contributed by atoms with E-state index < -0.39 is 11.6 Å². The monoisotopic (exact) mass is 252 g/mol. The van der Waals surface area contributed by atoms with Crippen molar-refractivity contribution in [3.05, 3.63) is 35.4 Å². The number of hydrogen-bond acceptors (Lipinski definition) is 2. The van der Waals surface area contributed by atoms with Crippen LogP contribution in [-0.2, 0) is 6.54 Å². The molecule has 0 bridgehead atoms. The summed E-state index contributed by atoms with van der Waals surface area (Å²) >= 11 is 0. The Bertz CT molecular complexity index is 424. The first-order chi connectivity index (χ1) is 8.52. The molecule has 98 valence electrons. The van der Waals surface area contributed by atoms with E-state index in [1.165, 1.54) is 6.07 Å². The zero-order chi connectivity index (χ0) is 13.5. The van der Waals surface area contributed by atoms with Crippen molar-refractivity contribution >= 4 is 0 Å². The Morgan fingerprint density at radius 1 is 1.33 bits per heavy atom. The highest BCUT2D eigenvalue weighted by Crippen LogP contribution is 2.13. The van der Waals surface area contributed by atoms with E-state index in [0.717, 1.165) is 18.7 Å². The molecule has 4 heteroatoms. The molecule has 0 aliphatic rings. The highest BCUT2D eigenvalue weighted by molar-refractivity contribution is 5.18.